The van der Waals surface area contributed by atoms with Gasteiger partial charge in [0.2, 0.25) is 5.91 Å². The molecule has 2 aromatic carbocycles. The Kier molecular flexibility index (Phi) is 6.39. The molecule has 3 nitrogen and oxygen atoms in total. The molecule has 0 bridgehead atoms. The van der Waals surface area contributed by atoms with Crippen LogP contribution in [0.2, 0.25) is 5.02 Å². The normalized spacial score (nSPS) is 12.5. The summed E-state index contributed by atoms with van der Waals surface area (Å²) in [5.74, 6) is -0.124. The van der Waals surface area contributed by atoms with Crippen LogP contribution in [0.3, 0.4) is 0 Å². The van der Waals surface area contributed by atoms with E-state index in [-0.39, 0.29) is 11.9 Å². The molecule has 4 heteroatoms. The number of hydrogen-bond acceptors (Lipinski definition) is 2. The quantitative estimate of drug-likeness (QED) is 0.819. The lowest BCUT2D eigenvalue weighted by Gasteiger charge is -2.22. The summed E-state index contributed by atoms with van der Waals surface area (Å²) in [7, 11) is 3.98. The van der Waals surface area contributed by atoms with Crippen molar-refractivity contribution < 1.29 is 4.79 Å². The van der Waals surface area contributed by atoms with Crippen LogP contribution < -0.4 is 5.32 Å². The maximum absolute atomic E-state index is 12.2. The maximum atomic E-state index is 12.2. The first kappa shape index (κ1) is 17.3. The predicted octanol–water partition coefficient (Wildman–Crippen LogP) is 3.77. The standard InChI is InChI=1S/C19H21ClN2O/c1-22(2)14-18(16-8-4-3-5-9-16)21-19(23)12-11-15-7-6-10-17(20)13-15/h3-13,18H,14H2,1-2H3,(H,21,23)/b12-11+/t18-/m1/s1. The van der Waals surface area contributed by atoms with Gasteiger partial charge < -0.3 is 10.2 Å². The topological polar surface area (TPSA) is 32.3 Å². The molecule has 0 aliphatic heterocycles. The van der Waals surface area contributed by atoms with E-state index in [0.717, 1.165) is 17.7 Å². The average Bonchev–Trinajstić information content (AvgIpc) is 2.53. The van der Waals surface area contributed by atoms with E-state index in [1.54, 1.807) is 6.08 Å². The van der Waals surface area contributed by atoms with E-state index in [2.05, 4.69) is 10.2 Å². The third-order valence-electron chi connectivity index (χ3n) is 3.34. The summed E-state index contributed by atoms with van der Waals surface area (Å²) in [6, 6.07) is 17.3. The molecule has 1 amide bonds. The monoisotopic (exact) mass is 328 g/mol. The van der Waals surface area contributed by atoms with Gasteiger partial charge in [0.05, 0.1) is 6.04 Å². The molecule has 0 aliphatic carbocycles. The number of amides is 1. The highest BCUT2D eigenvalue weighted by Gasteiger charge is 2.13. The van der Waals surface area contributed by atoms with Crippen LogP contribution >= 0.6 is 11.6 Å². The van der Waals surface area contributed by atoms with Gasteiger partial charge in [-0.3, -0.25) is 4.79 Å². The molecule has 2 aromatic rings. The molecule has 0 heterocycles. The highest BCUT2D eigenvalue weighted by Crippen LogP contribution is 2.14. The van der Waals surface area contributed by atoms with E-state index in [1.165, 1.54) is 6.08 Å². The molecule has 23 heavy (non-hydrogen) atoms. The lowest BCUT2D eigenvalue weighted by molar-refractivity contribution is -0.117. The molecular weight excluding hydrogens is 308 g/mol. The highest BCUT2D eigenvalue weighted by atomic mass is 35.5. The van der Waals surface area contributed by atoms with Crippen LogP contribution in [0.4, 0.5) is 0 Å². The van der Waals surface area contributed by atoms with Crippen LogP contribution in [-0.4, -0.2) is 31.4 Å². The van der Waals surface area contributed by atoms with Crippen molar-refractivity contribution in [3.8, 4) is 0 Å². The highest BCUT2D eigenvalue weighted by molar-refractivity contribution is 6.30. The first-order chi connectivity index (χ1) is 11.0. The van der Waals surface area contributed by atoms with Crippen molar-refractivity contribution >= 4 is 23.6 Å². The number of rotatable bonds is 6. The van der Waals surface area contributed by atoms with Gasteiger partial charge in [0.15, 0.2) is 0 Å². The Balaban J connectivity index is 2.05. The zero-order valence-corrected chi connectivity index (χ0v) is 14.1. The van der Waals surface area contributed by atoms with Crippen LogP contribution in [0.1, 0.15) is 17.2 Å². The second kappa shape index (κ2) is 8.51. The van der Waals surface area contributed by atoms with Crippen molar-refractivity contribution in [1.82, 2.24) is 10.2 Å². The minimum Gasteiger partial charge on any atom is -0.344 e. The minimum atomic E-state index is -0.124. The van der Waals surface area contributed by atoms with E-state index in [1.807, 2.05) is 68.7 Å². The Hall–Kier alpha value is -2.10. The number of nitrogens with one attached hydrogen (secondary N) is 1. The van der Waals surface area contributed by atoms with Crippen LogP contribution in [0.15, 0.2) is 60.7 Å². The Morgan fingerprint density at radius 3 is 2.57 bits per heavy atom. The molecule has 0 aliphatic rings. The fourth-order valence-electron chi connectivity index (χ4n) is 2.29. The molecule has 0 unspecified atom stereocenters. The van der Waals surface area contributed by atoms with Crippen LogP contribution in [-0.2, 0) is 4.79 Å². The lowest BCUT2D eigenvalue weighted by Crippen LogP contribution is -2.34. The number of carbonyl (C=O) groups excluding carboxylic acids is 1. The molecular formula is C19H21ClN2O. The first-order valence-corrected chi connectivity index (χ1v) is 7.86. The van der Waals surface area contributed by atoms with Crippen LogP contribution in [0.25, 0.3) is 6.08 Å². The second-order valence-electron chi connectivity index (χ2n) is 5.62. The molecule has 1 atom stereocenters. The summed E-state index contributed by atoms with van der Waals surface area (Å²) < 4.78 is 0. The Bertz CT molecular complexity index is 668. The number of hydrogen-bond donors (Lipinski definition) is 1. The predicted molar refractivity (Wildman–Crippen MR) is 96.4 cm³/mol. The fourth-order valence-corrected chi connectivity index (χ4v) is 2.49. The molecule has 0 saturated carbocycles. The van der Waals surface area contributed by atoms with Gasteiger partial charge in [-0.15, -0.1) is 0 Å². The molecule has 0 aromatic heterocycles. The number of nitrogens with zero attached hydrogens (tertiary/aromatic N) is 1. The number of benzene rings is 2. The van der Waals surface area contributed by atoms with Gasteiger partial charge in [-0.25, -0.2) is 0 Å². The minimum absolute atomic E-state index is 0.0530. The van der Waals surface area contributed by atoms with Crippen molar-refractivity contribution in [2.75, 3.05) is 20.6 Å². The molecule has 0 radical (unpaired) electrons. The van der Waals surface area contributed by atoms with Crippen molar-refractivity contribution in [1.29, 1.82) is 0 Å². The SMILES string of the molecule is CN(C)C[C@@H](NC(=O)/C=C/c1cccc(Cl)c1)c1ccccc1. The summed E-state index contributed by atoms with van der Waals surface area (Å²) >= 11 is 5.94. The number of halogens is 1. The van der Waals surface area contributed by atoms with Crippen molar-refractivity contribution in [2.45, 2.75) is 6.04 Å². The van der Waals surface area contributed by atoms with E-state index in [0.29, 0.717) is 5.02 Å². The number of carbonyl (C=O) groups is 1. The molecule has 120 valence electrons. The molecule has 0 spiro atoms. The smallest absolute Gasteiger partial charge is 0.244 e. The van der Waals surface area contributed by atoms with E-state index in [4.69, 9.17) is 11.6 Å². The van der Waals surface area contributed by atoms with Gasteiger partial charge in [0, 0.05) is 17.6 Å². The van der Waals surface area contributed by atoms with Gasteiger partial charge in [-0.05, 0) is 43.4 Å². The Labute approximate surface area is 142 Å². The fraction of sp³-hybridized carbons (Fsp3) is 0.211. The largest absolute Gasteiger partial charge is 0.344 e. The van der Waals surface area contributed by atoms with Gasteiger partial charge in [0.1, 0.15) is 0 Å². The maximum Gasteiger partial charge on any atom is 0.244 e. The summed E-state index contributed by atoms with van der Waals surface area (Å²) in [5.41, 5.74) is 1.99. The van der Waals surface area contributed by atoms with Crippen molar-refractivity contribution in [3.63, 3.8) is 0 Å². The summed E-state index contributed by atoms with van der Waals surface area (Å²) in [6.45, 7) is 0.737. The van der Waals surface area contributed by atoms with Crippen molar-refractivity contribution in [2.24, 2.45) is 0 Å². The third kappa shape index (κ3) is 5.89. The summed E-state index contributed by atoms with van der Waals surface area (Å²) in [4.78, 5) is 14.3. The van der Waals surface area contributed by atoms with Gasteiger partial charge in [-0.2, -0.15) is 0 Å². The van der Waals surface area contributed by atoms with Crippen LogP contribution in [0.5, 0.6) is 0 Å². The molecule has 0 saturated heterocycles. The molecule has 0 fully saturated rings. The Morgan fingerprint density at radius 1 is 1.17 bits per heavy atom. The average molecular weight is 329 g/mol. The van der Waals surface area contributed by atoms with E-state index >= 15 is 0 Å². The number of likely N-dealkylation sites (N-methyl/N-ethyl adjacent to an activating group) is 1. The van der Waals surface area contributed by atoms with Gasteiger partial charge in [-0.1, -0.05) is 54.1 Å². The van der Waals surface area contributed by atoms with Crippen LogP contribution in [0, 0.1) is 0 Å². The van der Waals surface area contributed by atoms with Gasteiger partial charge >= 0.3 is 0 Å². The van der Waals surface area contributed by atoms with E-state index < -0.39 is 0 Å². The first-order valence-electron chi connectivity index (χ1n) is 7.48. The Morgan fingerprint density at radius 2 is 1.91 bits per heavy atom. The van der Waals surface area contributed by atoms with Crippen molar-refractivity contribution in [3.05, 3.63) is 76.8 Å². The van der Waals surface area contributed by atoms with Gasteiger partial charge in [0.25, 0.3) is 0 Å². The summed E-state index contributed by atoms with van der Waals surface area (Å²) in [5, 5.41) is 3.70. The molecule has 1 N–H and O–H groups in total. The zero-order chi connectivity index (χ0) is 16.7. The zero-order valence-electron chi connectivity index (χ0n) is 13.4. The third-order valence-corrected chi connectivity index (χ3v) is 3.58. The second-order valence-corrected chi connectivity index (χ2v) is 6.06. The summed E-state index contributed by atoms with van der Waals surface area (Å²) in [6.07, 6.45) is 3.30. The van der Waals surface area contributed by atoms with E-state index in [9.17, 15) is 4.79 Å². The lowest BCUT2D eigenvalue weighted by atomic mass is 10.1. The molecule has 2 rings (SSSR count).